The third-order valence-electron chi connectivity index (χ3n) is 5.39. The van der Waals surface area contributed by atoms with Gasteiger partial charge in [0.25, 0.3) is 0 Å². The van der Waals surface area contributed by atoms with Gasteiger partial charge in [-0.2, -0.15) is 0 Å². The molecule has 3 nitrogen and oxygen atoms in total. The van der Waals surface area contributed by atoms with Crippen LogP contribution in [0.1, 0.15) is 44.9 Å². The minimum Gasteiger partial charge on any atom is -0.378 e. The molecule has 18 heavy (non-hydrogen) atoms. The minimum absolute atomic E-state index is 0.0820. The first-order chi connectivity index (χ1) is 8.83. The molecule has 1 saturated carbocycles. The van der Waals surface area contributed by atoms with E-state index in [0.717, 1.165) is 44.1 Å². The molecule has 1 spiro atoms. The average Bonchev–Trinajstić information content (AvgIpc) is 2.86. The van der Waals surface area contributed by atoms with Crippen LogP contribution in [-0.2, 0) is 9.47 Å². The van der Waals surface area contributed by atoms with Crippen LogP contribution < -0.4 is 5.32 Å². The summed E-state index contributed by atoms with van der Waals surface area (Å²) < 4.78 is 11.7. The fraction of sp³-hybridized carbons (Fsp3) is 1.00. The van der Waals surface area contributed by atoms with Crippen molar-refractivity contribution >= 4 is 0 Å². The van der Waals surface area contributed by atoms with Gasteiger partial charge in [0, 0.05) is 25.7 Å². The molecular weight excluding hydrogens is 226 g/mol. The van der Waals surface area contributed by atoms with Crippen LogP contribution >= 0.6 is 0 Å². The van der Waals surface area contributed by atoms with Crippen LogP contribution in [0.2, 0.25) is 0 Å². The predicted octanol–water partition coefficient (Wildman–Crippen LogP) is 2.35. The summed E-state index contributed by atoms with van der Waals surface area (Å²) in [6.07, 6.45) is 9.19. The smallest absolute Gasteiger partial charge is 0.0939 e. The molecule has 0 aromatic rings. The van der Waals surface area contributed by atoms with Crippen molar-refractivity contribution in [1.82, 2.24) is 5.32 Å². The maximum Gasteiger partial charge on any atom is 0.0939 e. The molecule has 104 valence electrons. The van der Waals surface area contributed by atoms with Crippen LogP contribution in [0, 0.1) is 11.8 Å². The highest BCUT2D eigenvalue weighted by Crippen LogP contribution is 2.42. The molecule has 0 amide bonds. The number of hydrogen-bond donors (Lipinski definition) is 1. The van der Waals surface area contributed by atoms with Crippen LogP contribution in [0.4, 0.5) is 0 Å². The van der Waals surface area contributed by atoms with Gasteiger partial charge in [-0.05, 0) is 44.6 Å². The summed E-state index contributed by atoms with van der Waals surface area (Å²) in [6, 6.07) is 0.737. The fourth-order valence-corrected chi connectivity index (χ4v) is 4.38. The molecule has 1 aliphatic carbocycles. The topological polar surface area (TPSA) is 30.5 Å². The van der Waals surface area contributed by atoms with Gasteiger partial charge in [-0.1, -0.05) is 12.8 Å². The van der Waals surface area contributed by atoms with Gasteiger partial charge in [-0.15, -0.1) is 0 Å². The Bertz CT molecular complexity index is 276. The first kappa shape index (κ1) is 12.9. The lowest BCUT2D eigenvalue weighted by molar-refractivity contribution is -0.110. The van der Waals surface area contributed by atoms with E-state index in [0.29, 0.717) is 0 Å². The maximum absolute atomic E-state index is 6.07. The fourth-order valence-electron chi connectivity index (χ4n) is 4.38. The first-order valence-corrected chi connectivity index (χ1v) is 7.72. The summed E-state index contributed by atoms with van der Waals surface area (Å²) in [5.74, 6) is 1.71. The van der Waals surface area contributed by atoms with Crippen molar-refractivity contribution in [3.8, 4) is 0 Å². The van der Waals surface area contributed by atoms with Crippen LogP contribution in [0.25, 0.3) is 0 Å². The molecule has 0 aromatic carbocycles. The monoisotopic (exact) mass is 253 g/mol. The molecule has 0 aromatic heterocycles. The SMILES string of the molecule is CNC1CCCCC1C1CCOC2(CCOC2)C1. The summed E-state index contributed by atoms with van der Waals surface area (Å²) in [5.41, 5.74) is 0.0820. The normalized spacial score (nSPS) is 45.5. The zero-order valence-corrected chi connectivity index (χ0v) is 11.6. The van der Waals surface area contributed by atoms with Crippen LogP contribution in [0.15, 0.2) is 0 Å². The molecule has 0 radical (unpaired) electrons. The quantitative estimate of drug-likeness (QED) is 0.819. The van der Waals surface area contributed by atoms with Gasteiger partial charge in [0.05, 0.1) is 12.2 Å². The highest BCUT2D eigenvalue weighted by atomic mass is 16.6. The van der Waals surface area contributed by atoms with E-state index < -0.39 is 0 Å². The third-order valence-corrected chi connectivity index (χ3v) is 5.39. The molecule has 3 heteroatoms. The highest BCUT2D eigenvalue weighted by Gasteiger charge is 2.44. The zero-order chi connectivity index (χ0) is 12.4. The van der Waals surface area contributed by atoms with Gasteiger partial charge in [0.2, 0.25) is 0 Å². The van der Waals surface area contributed by atoms with Gasteiger partial charge in [-0.25, -0.2) is 0 Å². The Morgan fingerprint density at radius 3 is 2.78 bits per heavy atom. The van der Waals surface area contributed by atoms with E-state index in [1.54, 1.807) is 0 Å². The second-order valence-electron chi connectivity index (χ2n) is 6.43. The van der Waals surface area contributed by atoms with E-state index >= 15 is 0 Å². The highest BCUT2D eigenvalue weighted by molar-refractivity contribution is 4.95. The molecule has 4 atom stereocenters. The van der Waals surface area contributed by atoms with Crippen molar-refractivity contribution in [2.24, 2.45) is 11.8 Å². The van der Waals surface area contributed by atoms with Crippen molar-refractivity contribution in [3.63, 3.8) is 0 Å². The van der Waals surface area contributed by atoms with Gasteiger partial charge >= 0.3 is 0 Å². The largest absolute Gasteiger partial charge is 0.378 e. The minimum atomic E-state index is 0.0820. The van der Waals surface area contributed by atoms with E-state index in [4.69, 9.17) is 9.47 Å². The van der Waals surface area contributed by atoms with Gasteiger partial charge in [0.1, 0.15) is 0 Å². The number of hydrogen-bond acceptors (Lipinski definition) is 3. The maximum atomic E-state index is 6.07. The second-order valence-corrected chi connectivity index (χ2v) is 6.43. The van der Waals surface area contributed by atoms with Crippen molar-refractivity contribution in [2.45, 2.75) is 56.6 Å². The summed E-state index contributed by atoms with van der Waals surface area (Å²) in [7, 11) is 2.14. The van der Waals surface area contributed by atoms with Crippen molar-refractivity contribution in [2.75, 3.05) is 26.9 Å². The summed E-state index contributed by atoms with van der Waals surface area (Å²) in [5, 5.41) is 3.56. The third kappa shape index (κ3) is 2.45. The Balaban J connectivity index is 1.67. The summed E-state index contributed by atoms with van der Waals surface area (Å²) >= 11 is 0. The average molecular weight is 253 g/mol. The molecule has 4 unspecified atom stereocenters. The molecule has 3 rings (SSSR count). The van der Waals surface area contributed by atoms with Crippen LogP contribution in [-0.4, -0.2) is 38.5 Å². The van der Waals surface area contributed by atoms with Gasteiger partial charge in [0.15, 0.2) is 0 Å². The Kier molecular flexibility index (Phi) is 3.92. The Hall–Kier alpha value is -0.120. The molecular formula is C15H27NO2. The number of rotatable bonds is 2. The van der Waals surface area contributed by atoms with E-state index in [2.05, 4.69) is 12.4 Å². The molecule has 2 saturated heterocycles. The van der Waals surface area contributed by atoms with Crippen molar-refractivity contribution < 1.29 is 9.47 Å². The number of ether oxygens (including phenoxy) is 2. The van der Waals surface area contributed by atoms with Crippen molar-refractivity contribution in [1.29, 1.82) is 0 Å². The Labute approximate surface area is 111 Å². The van der Waals surface area contributed by atoms with Crippen LogP contribution in [0.3, 0.4) is 0 Å². The van der Waals surface area contributed by atoms with E-state index in [1.807, 2.05) is 0 Å². The Morgan fingerprint density at radius 2 is 2.00 bits per heavy atom. The molecule has 3 fully saturated rings. The number of nitrogens with one attached hydrogen (secondary N) is 1. The standard InChI is InChI=1S/C15H27NO2/c1-16-14-5-3-2-4-13(14)12-6-8-18-15(10-12)7-9-17-11-15/h12-14,16H,2-11H2,1H3. The molecule has 2 aliphatic heterocycles. The lowest BCUT2D eigenvalue weighted by Gasteiger charge is -2.44. The van der Waals surface area contributed by atoms with Crippen LogP contribution in [0.5, 0.6) is 0 Å². The lowest BCUT2D eigenvalue weighted by Crippen LogP contribution is -2.47. The van der Waals surface area contributed by atoms with Crippen molar-refractivity contribution in [3.05, 3.63) is 0 Å². The summed E-state index contributed by atoms with van der Waals surface area (Å²) in [4.78, 5) is 0. The Morgan fingerprint density at radius 1 is 1.11 bits per heavy atom. The first-order valence-electron chi connectivity index (χ1n) is 7.72. The second kappa shape index (κ2) is 5.48. The van der Waals surface area contributed by atoms with E-state index in [9.17, 15) is 0 Å². The molecule has 2 heterocycles. The predicted molar refractivity (Wildman–Crippen MR) is 71.6 cm³/mol. The molecule has 1 N–H and O–H groups in total. The zero-order valence-electron chi connectivity index (χ0n) is 11.6. The van der Waals surface area contributed by atoms with E-state index in [1.165, 1.54) is 38.5 Å². The summed E-state index contributed by atoms with van der Waals surface area (Å²) in [6.45, 7) is 2.67. The van der Waals surface area contributed by atoms with E-state index in [-0.39, 0.29) is 5.60 Å². The molecule has 0 bridgehead atoms. The lowest BCUT2D eigenvalue weighted by atomic mass is 9.70. The molecule has 3 aliphatic rings. The van der Waals surface area contributed by atoms with Gasteiger partial charge < -0.3 is 14.8 Å². The van der Waals surface area contributed by atoms with Gasteiger partial charge in [-0.3, -0.25) is 0 Å².